The molecule has 28 heavy (non-hydrogen) atoms. The molecule has 0 saturated carbocycles. The number of amides is 2. The number of carbonyl (C=O) groups is 2. The number of pyridine rings is 2. The molecule has 7 nitrogen and oxygen atoms in total. The first-order chi connectivity index (χ1) is 13.1. The summed E-state index contributed by atoms with van der Waals surface area (Å²) in [6.45, 7) is 2.55. The topological polar surface area (TPSA) is 93.2 Å². The van der Waals surface area contributed by atoms with Crippen molar-refractivity contribution in [2.24, 2.45) is 0 Å². The quantitative estimate of drug-likeness (QED) is 0.749. The van der Waals surface area contributed by atoms with Crippen LogP contribution in [0.3, 0.4) is 0 Å². The third-order valence-corrected chi connectivity index (χ3v) is 3.57. The van der Waals surface area contributed by atoms with Gasteiger partial charge in [-0.05, 0) is 24.6 Å². The zero-order valence-electron chi connectivity index (χ0n) is 15.2. The van der Waals surface area contributed by atoms with Crippen LogP contribution in [0, 0.1) is 0 Å². The molecule has 0 fully saturated rings. The monoisotopic (exact) mass is 396 g/mol. The van der Waals surface area contributed by atoms with E-state index in [1.807, 2.05) is 0 Å². The van der Waals surface area contributed by atoms with E-state index in [1.54, 1.807) is 13.0 Å². The minimum atomic E-state index is -4.29. The average Bonchev–Trinajstić information content (AvgIpc) is 2.61. The van der Waals surface area contributed by atoms with Crippen LogP contribution in [0.1, 0.15) is 42.2 Å². The third-order valence-electron chi connectivity index (χ3n) is 3.57. The lowest BCUT2D eigenvalue weighted by atomic mass is 10.1. The Morgan fingerprint density at radius 1 is 1.21 bits per heavy atom. The number of nitrogens with zero attached hydrogens (tertiary/aromatic N) is 2. The first kappa shape index (κ1) is 21.1. The fourth-order valence-electron chi connectivity index (χ4n) is 2.19. The molecule has 0 aliphatic heterocycles. The van der Waals surface area contributed by atoms with E-state index in [-0.39, 0.29) is 23.5 Å². The number of nitrogens with one attached hydrogen (secondary N) is 2. The Labute approximate surface area is 159 Å². The van der Waals surface area contributed by atoms with Crippen molar-refractivity contribution in [2.75, 3.05) is 11.9 Å². The van der Waals surface area contributed by atoms with Crippen LogP contribution < -0.4 is 15.4 Å². The number of carbonyl (C=O) groups excluding carboxylic acids is 2. The second-order valence-corrected chi connectivity index (χ2v) is 5.95. The molecule has 150 valence electrons. The molecule has 0 bridgehead atoms. The minimum absolute atomic E-state index is 0.0700. The highest BCUT2D eigenvalue weighted by Gasteiger charge is 2.26. The molecule has 2 amide bonds. The number of halogens is 3. The molecule has 2 aromatic rings. The lowest BCUT2D eigenvalue weighted by Gasteiger charge is -2.15. The van der Waals surface area contributed by atoms with Crippen molar-refractivity contribution in [1.29, 1.82) is 0 Å². The molecular weight excluding hydrogens is 377 g/mol. The van der Waals surface area contributed by atoms with Crippen molar-refractivity contribution in [1.82, 2.24) is 15.3 Å². The lowest BCUT2D eigenvalue weighted by molar-refractivity contribution is -0.139. The predicted molar refractivity (Wildman–Crippen MR) is 94.8 cm³/mol. The molecule has 0 aliphatic rings. The molecule has 2 heterocycles. The SMILES string of the molecule is CC(=O)Nc1cc(C(=O)NC(C)c2ccc(OCCC(F)(F)F)nc2)ccn1. The maximum Gasteiger partial charge on any atom is 0.392 e. The fourth-order valence-corrected chi connectivity index (χ4v) is 2.19. The van der Waals surface area contributed by atoms with Crippen LogP contribution in [0.15, 0.2) is 36.7 Å². The van der Waals surface area contributed by atoms with Crippen LogP contribution in [-0.4, -0.2) is 34.6 Å². The van der Waals surface area contributed by atoms with Crippen molar-refractivity contribution >= 4 is 17.6 Å². The van der Waals surface area contributed by atoms with Crippen LogP contribution in [0.5, 0.6) is 5.88 Å². The van der Waals surface area contributed by atoms with Gasteiger partial charge in [-0.3, -0.25) is 9.59 Å². The number of anilines is 1. The Morgan fingerprint density at radius 3 is 2.57 bits per heavy atom. The Hall–Kier alpha value is -3.17. The summed E-state index contributed by atoms with van der Waals surface area (Å²) < 4.78 is 41.3. The van der Waals surface area contributed by atoms with Crippen LogP contribution >= 0.6 is 0 Å². The van der Waals surface area contributed by atoms with Gasteiger partial charge in [0.25, 0.3) is 5.91 Å². The molecule has 2 aromatic heterocycles. The molecule has 0 aromatic carbocycles. The third kappa shape index (κ3) is 6.86. The van der Waals surface area contributed by atoms with Gasteiger partial charge in [-0.15, -0.1) is 0 Å². The molecule has 2 N–H and O–H groups in total. The van der Waals surface area contributed by atoms with Gasteiger partial charge in [0.2, 0.25) is 11.8 Å². The van der Waals surface area contributed by atoms with Gasteiger partial charge in [0, 0.05) is 30.9 Å². The normalized spacial score (nSPS) is 12.2. The van der Waals surface area contributed by atoms with E-state index in [9.17, 15) is 22.8 Å². The maximum absolute atomic E-state index is 12.4. The summed E-state index contributed by atoms with van der Waals surface area (Å²) in [5.41, 5.74) is 0.957. The zero-order chi connectivity index (χ0) is 20.7. The summed E-state index contributed by atoms with van der Waals surface area (Å²) in [7, 11) is 0. The van der Waals surface area contributed by atoms with Crippen molar-refractivity contribution in [2.45, 2.75) is 32.5 Å². The smallest absolute Gasteiger partial charge is 0.392 e. The van der Waals surface area contributed by atoms with Crippen molar-refractivity contribution in [3.05, 3.63) is 47.8 Å². The maximum atomic E-state index is 12.4. The van der Waals surface area contributed by atoms with Crippen molar-refractivity contribution < 1.29 is 27.5 Å². The second-order valence-electron chi connectivity index (χ2n) is 5.95. The molecule has 1 atom stereocenters. The van der Waals surface area contributed by atoms with E-state index in [0.717, 1.165) is 0 Å². The number of hydrogen-bond acceptors (Lipinski definition) is 5. The van der Waals surface area contributed by atoms with E-state index in [4.69, 9.17) is 4.74 Å². The number of ether oxygens (including phenoxy) is 1. The Kier molecular flexibility index (Phi) is 6.91. The summed E-state index contributed by atoms with van der Waals surface area (Å²) in [6.07, 6.45) is -2.52. The number of aromatic nitrogens is 2. The largest absolute Gasteiger partial charge is 0.477 e. The van der Waals surface area contributed by atoms with Gasteiger partial charge < -0.3 is 15.4 Å². The number of alkyl halides is 3. The molecule has 1 unspecified atom stereocenters. The van der Waals surface area contributed by atoms with E-state index < -0.39 is 25.2 Å². The van der Waals surface area contributed by atoms with Gasteiger partial charge in [0.15, 0.2) is 0 Å². The first-order valence-electron chi connectivity index (χ1n) is 8.34. The van der Waals surface area contributed by atoms with Gasteiger partial charge in [-0.2, -0.15) is 13.2 Å². The van der Waals surface area contributed by atoms with Crippen LogP contribution in [0.2, 0.25) is 0 Å². The number of hydrogen-bond donors (Lipinski definition) is 2. The zero-order valence-corrected chi connectivity index (χ0v) is 15.2. The standard InChI is InChI=1S/C18H19F3N4O3/c1-11(14-3-4-16(23-10-14)28-8-6-18(19,20)21)24-17(27)13-5-7-22-15(9-13)25-12(2)26/h3-5,7,9-11H,6,8H2,1-2H3,(H,24,27)(H,22,25,26). The molecule has 0 radical (unpaired) electrons. The van der Waals surface area contributed by atoms with Crippen molar-refractivity contribution in [3.8, 4) is 5.88 Å². The van der Waals surface area contributed by atoms with Gasteiger partial charge in [-0.25, -0.2) is 9.97 Å². The van der Waals surface area contributed by atoms with E-state index >= 15 is 0 Å². The average molecular weight is 396 g/mol. The highest BCUT2D eigenvalue weighted by Crippen LogP contribution is 2.20. The Morgan fingerprint density at radius 2 is 1.96 bits per heavy atom. The van der Waals surface area contributed by atoms with Gasteiger partial charge in [0.05, 0.1) is 19.1 Å². The first-order valence-corrected chi connectivity index (χ1v) is 8.34. The summed E-state index contributed by atoms with van der Waals surface area (Å²) >= 11 is 0. The summed E-state index contributed by atoms with van der Waals surface area (Å²) in [5.74, 6) is -0.357. The van der Waals surface area contributed by atoms with Gasteiger partial charge in [-0.1, -0.05) is 6.07 Å². The minimum Gasteiger partial charge on any atom is -0.477 e. The van der Waals surface area contributed by atoms with E-state index in [1.165, 1.54) is 37.5 Å². The van der Waals surface area contributed by atoms with Gasteiger partial charge >= 0.3 is 6.18 Å². The number of rotatable bonds is 7. The van der Waals surface area contributed by atoms with Crippen LogP contribution in [0.25, 0.3) is 0 Å². The molecule has 10 heteroatoms. The predicted octanol–water partition coefficient (Wildman–Crippen LogP) is 3.26. The summed E-state index contributed by atoms with van der Waals surface area (Å²) in [6, 6.07) is 5.58. The van der Waals surface area contributed by atoms with E-state index in [0.29, 0.717) is 11.1 Å². The van der Waals surface area contributed by atoms with Crippen LogP contribution in [0.4, 0.5) is 19.0 Å². The molecule has 0 aliphatic carbocycles. The molecule has 0 spiro atoms. The van der Waals surface area contributed by atoms with Crippen molar-refractivity contribution in [3.63, 3.8) is 0 Å². The fraction of sp³-hybridized carbons (Fsp3) is 0.333. The highest BCUT2D eigenvalue weighted by atomic mass is 19.4. The van der Waals surface area contributed by atoms with Gasteiger partial charge in [0.1, 0.15) is 5.82 Å². The molecule has 0 saturated heterocycles. The highest BCUT2D eigenvalue weighted by molar-refractivity contribution is 5.96. The summed E-state index contributed by atoms with van der Waals surface area (Å²) in [4.78, 5) is 31.3. The van der Waals surface area contributed by atoms with E-state index in [2.05, 4.69) is 20.6 Å². The lowest BCUT2D eigenvalue weighted by Crippen LogP contribution is -2.27. The molecule has 2 rings (SSSR count). The molecular formula is C18H19F3N4O3. The van der Waals surface area contributed by atoms with Crippen LogP contribution in [-0.2, 0) is 4.79 Å². The summed E-state index contributed by atoms with van der Waals surface area (Å²) in [5, 5.41) is 5.26. The Bertz CT molecular complexity index is 826. The Balaban J connectivity index is 1.94. The second kappa shape index (κ2) is 9.16.